The Morgan fingerprint density at radius 2 is 2.00 bits per heavy atom. The van der Waals surface area contributed by atoms with Crippen LogP contribution in [0.15, 0.2) is 52.2 Å². The summed E-state index contributed by atoms with van der Waals surface area (Å²) in [5.41, 5.74) is 2.03. The molecule has 0 spiro atoms. The normalized spacial score (nSPS) is 17.5. The highest BCUT2D eigenvalue weighted by molar-refractivity contribution is 9.10. The molecular formula is C15H13BrN2O2. The predicted octanol–water partition coefficient (Wildman–Crippen LogP) is 4.01. The largest absolute Gasteiger partial charge is 0.438 e. The smallest absolute Gasteiger partial charge is 0.235 e. The third kappa shape index (κ3) is 2.99. The number of oxime groups is 1. The topological polar surface area (TPSA) is 43.7 Å². The van der Waals surface area contributed by atoms with Crippen molar-refractivity contribution in [2.24, 2.45) is 5.16 Å². The van der Waals surface area contributed by atoms with E-state index in [9.17, 15) is 0 Å². The molecule has 3 rings (SSSR count). The van der Waals surface area contributed by atoms with Crippen molar-refractivity contribution in [1.29, 1.82) is 0 Å². The lowest BCUT2D eigenvalue weighted by Gasteiger charge is -2.08. The second-order valence-electron chi connectivity index (χ2n) is 4.57. The first-order valence-electron chi connectivity index (χ1n) is 6.29. The van der Waals surface area contributed by atoms with Crippen molar-refractivity contribution >= 4 is 21.8 Å². The van der Waals surface area contributed by atoms with E-state index in [-0.39, 0.29) is 6.10 Å². The van der Waals surface area contributed by atoms with Gasteiger partial charge in [-0.25, -0.2) is 0 Å². The van der Waals surface area contributed by atoms with Crippen LogP contribution < -0.4 is 4.74 Å². The van der Waals surface area contributed by atoms with E-state index in [0.29, 0.717) is 18.1 Å². The SMILES string of the molecule is Cc1ccc(OC2=NO[C@@H](c3ccc(Br)cc3)C2)cn1. The van der Waals surface area contributed by atoms with E-state index in [1.165, 1.54) is 0 Å². The van der Waals surface area contributed by atoms with Gasteiger partial charge in [0, 0.05) is 10.2 Å². The minimum absolute atomic E-state index is 0.0866. The van der Waals surface area contributed by atoms with Crippen molar-refractivity contribution in [3.05, 3.63) is 58.3 Å². The van der Waals surface area contributed by atoms with Gasteiger partial charge in [0.05, 0.1) is 12.6 Å². The van der Waals surface area contributed by atoms with Gasteiger partial charge in [-0.3, -0.25) is 4.98 Å². The quantitative estimate of drug-likeness (QED) is 0.834. The van der Waals surface area contributed by atoms with Crippen LogP contribution in [0.2, 0.25) is 0 Å². The molecule has 1 aromatic carbocycles. The lowest BCUT2D eigenvalue weighted by molar-refractivity contribution is 0.0855. The molecule has 20 heavy (non-hydrogen) atoms. The first-order valence-corrected chi connectivity index (χ1v) is 7.09. The van der Waals surface area contributed by atoms with Crippen LogP contribution in [0, 0.1) is 6.92 Å². The molecule has 5 heteroatoms. The molecule has 2 aromatic rings. The molecule has 0 unspecified atom stereocenters. The van der Waals surface area contributed by atoms with E-state index in [2.05, 4.69) is 26.1 Å². The van der Waals surface area contributed by atoms with Crippen molar-refractivity contribution in [2.75, 3.05) is 0 Å². The van der Waals surface area contributed by atoms with Crippen molar-refractivity contribution in [2.45, 2.75) is 19.4 Å². The summed E-state index contributed by atoms with van der Waals surface area (Å²) >= 11 is 3.41. The zero-order chi connectivity index (χ0) is 13.9. The Morgan fingerprint density at radius 1 is 1.20 bits per heavy atom. The van der Waals surface area contributed by atoms with Gasteiger partial charge in [-0.2, -0.15) is 0 Å². The number of ether oxygens (including phenoxy) is 1. The summed E-state index contributed by atoms with van der Waals surface area (Å²) in [5, 5.41) is 3.99. The summed E-state index contributed by atoms with van der Waals surface area (Å²) in [4.78, 5) is 9.60. The number of aromatic nitrogens is 1. The van der Waals surface area contributed by atoms with Gasteiger partial charge in [-0.05, 0) is 36.8 Å². The Hall–Kier alpha value is -1.88. The highest BCUT2D eigenvalue weighted by Gasteiger charge is 2.24. The van der Waals surface area contributed by atoms with Crippen molar-refractivity contribution in [3.8, 4) is 5.75 Å². The van der Waals surface area contributed by atoms with E-state index in [4.69, 9.17) is 9.57 Å². The van der Waals surface area contributed by atoms with Gasteiger partial charge >= 0.3 is 0 Å². The molecule has 0 bridgehead atoms. The van der Waals surface area contributed by atoms with Gasteiger partial charge in [0.15, 0.2) is 6.10 Å². The molecular weight excluding hydrogens is 320 g/mol. The van der Waals surface area contributed by atoms with Gasteiger partial charge in [0.25, 0.3) is 0 Å². The highest BCUT2D eigenvalue weighted by Crippen LogP contribution is 2.29. The number of aryl methyl sites for hydroxylation is 1. The average molecular weight is 333 g/mol. The number of hydrogen-bond donors (Lipinski definition) is 0. The Kier molecular flexibility index (Phi) is 3.69. The average Bonchev–Trinajstić information content (AvgIpc) is 2.91. The number of hydrogen-bond acceptors (Lipinski definition) is 4. The third-order valence-corrected chi connectivity index (χ3v) is 3.53. The summed E-state index contributed by atoms with van der Waals surface area (Å²) in [6.07, 6.45) is 2.22. The van der Waals surface area contributed by atoms with E-state index < -0.39 is 0 Å². The van der Waals surface area contributed by atoms with Gasteiger partial charge in [0.1, 0.15) is 5.75 Å². The van der Waals surface area contributed by atoms with E-state index >= 15 is 0 Å². The second kappa shape index (κ2) is 5.63. The van der Waals surface area contributed by atoms with Crippen LogP contribution in [0.25, 0.3) is 0 Å². The lowest BCUT2D eigenvalue weighted by Crippen LogP contribution is -2.07. The Morgan fingerprint density at radius 3 is 2.70 bits per heavy atom. The van der Waals surface area contributed by atoms with Crippen LogP contribution in [-0.4, -0.2) is 10.9 Å². The third-order valence-electron chi connectivity index (χ3n) is 3.00. The molecule has 0 radical (unpaired) electrons. The van der Waals surface area contributed by atoms with E-state index in [1.54, 1.807) is 6.20 Å². The van der Waals surface area contributed by atoms with Crippen LogP contribution in [0.3, 0.4) is 0 Å². The van der Waals surface area contributed by atoms with Crippen LogP contribution in [0.1, 0.15) is 23.8 Å². The molecule has 1 aliphatic heterocycles. The van der Waals surface area contributed by atoms with Gasteiger partial charge in [-0.1, -0.05) is 33.2 Å². The van der Waals surface area contributed by atoms with Gasteiger partial charge in [-0.15, -0.1) is 0 Å². The highest BCUT2D eigenvalue weighted by atomic mass is 79.9. The lowest BCUT2D eigenvalue weighted by atomic mass is 10.1. The zero-order valence-electron chi connectivity index (χ0n) is 10.9. The molecule has 1 atom stereocenters. The Bertz CT molecular complexity index is 623. The van der Waals surface area contributed by atoms with Gasteiger partial charge in [0.2, 0.25) is 5.90 Å². The molecule has 0 saturated heterocycles. The number of pyridine rings is 1. The maximum absolute atomic E-state index is 5.66. The van der Waals surface area contributed by atoms with Crippen molar-refractivity contribution in [1.82, 2.24) is 4.98 Å². The molecule has 0 saturated carbocycles. The minimum atomic E-state index is -0.0866. The fourth-order valence-electron chi connectivity index (χ4n) is 1.92. The van der Waals surface area contributed by atoms with Crippen LogP contribution >= 0.6 is 15.9 Å². The first kappa shape index (κ1) is 13.1. The number of halogens is 1. The summed E-state index contributed by atoms with van der Waals surface area (Å²) in [6, 6.07) is 11.8. The molecule has 1 aliphatic rings. The van der Waals surface area contributed by atoms with Crippen LogP contribution in [-0.2, 0) is 4.84 Å². The zero-order valence-corrected chi connectivity index (χ0v) is 12.5. The summed E-state index contributed by atoms with van der Waals surface area (Å²) in [5.74, 6) is 1.25. The van der Waals surface area contributed by atoms with Crippen molar-refractivity contribution < 1.29 is 9.57 Å². The summed E-state index contributed by atoms with van der Waals surface area (Å²) in [6.45, 7) is 1.93. The van der Waals surface area contributed by atoms with E-state index in [1.807, 2.05) is 43.3 Å². The maximum Gasteiger partial charge on any atom is 0.235 e. The van der Waals surface area contributed by atoms with Crippen LogP contribution in [0.5, 0.6) is 5.75 Å². The molecule has 4 nitrogen and oxygen atoms in total. The molecule has 0 N–H and O–H groups in total. The monoisotopic (exact) mass is 332 g/mol. The summed E-state index contributed by atoms with van der Waals surface area (Å²) in [7, 11) is 0. The van der Waals surface area contributed by atoms with Crippen molar-refractivity contribution in [3.63, 3.8) is 0 Å². The number of benzene rings is 1. The van der Waals surface area contributed by atoms with Gasteiger partial charge < -0.3 is 9.57 Å². The Balaban J connectivity index is 1.64. The molecule has 2 heterocycles. The minimum Gasteiger partial charge on any atom is -0.438 e. The molecule has 1 aromatic heterocycles. The number of rotatable bonds is 2. The summed E-state index contributed by atoms with van der Waals surface area (Å²) < 4.78 is 6.70. The fraction of sp³-hybridized carbons (Fsp3) is 0.200. The second-order valence-corrected chi connectivity index (χ2v) is 5.49. The standard InChI is InChI=1S/C15H13BrN2O2/c1-10-2-7-13(9-17-10)19-15-8-14(20-18-15)11-3-5-12(16)6-4-11/h2-7,9,14H,8H2,1H3/t14-/m1/s1. The molecule has 0 fully saturated rings. The molecule has 0 aliphatic carbocycles. The Labute approximate surface area is 125 Å². The predicted molar refractivity (Wildman–Crippen MR) is 79.6 cm³/mol. The molecule has 102 valence electrons. The molecule has 0 amide bonds. The fourth-order valence-corrected chi connectivity index (χ4v) is 2.19. The van der Waals surface area contributed by atoms with E-state index in [0.717, 1.165) is 15.7 Å². The van der Waals surface area contributed by atoms with Crippen LogP contribution in [0.4, 0.5) is 0 Å². The first-order chi connectivity index (χ1) is 9.70. The maximum atomic E-state index is 5.66. The number of nitrogens with zero attached hydrogens (tertiary/aromatic N) is 2.